The number of aromatic nitrogens is 4. The van der Waals surface area contributed by atoms with Gasteiger partial charge in [-0.25, -0.2) is 0 Å². The highest BCUT2D eigenvalue weighted by Gasteiger charge is 1.99. The van der Waals surface area contributed by atoms with Crippen LogP contribution in [0.3, 0.4) is 0 Å². The zero-order chi connectivity index (χ0) is 34.3. The van der Waals surface area contributed by atoms with E-state index in [9.17, 15) is 20.4 Å². The molecule has 4 aromatic heterocycles. The largest absolute Gasteiger partial charge is 0.631 e. The molecule has 0 aliphatic rings. The first-order valence-electron chi connectivity index (χ1n) is 14.4. The van der Waals surface area contributed by atoms with Gasteiger partial charge in [-0.15, -0.1) is 0 Å². The van der Waals surface area contributed by atoms with Crippen LogP contribution in [0.15, 0.2) is 146 Å². The molecule has 0 unspecified atom stereocenters. The van der Waals surface area contributed by atoms with E-state index in [0.717, 1.165) is 21.5 Å². The molecule has 0 radical (unpaired) electrons. The Morgan fingerprint density at radius 3 is 0.688 bits per heavy atom. The van der Waals surface area contributed by atoms with Crippen LogP contribution in [0.4, 0.5) is 0 Å². The van der Waals surface area contributed by atoms with Crippen LogP contribution < -0.4 is 0 Å². The van der Waals surface area contributed by atoms with Crippen molar-refractivity contribution in [3.05, 3.63) is 146 Å². The molecule has 4 heterocycles. The standard InChI is InChI=1S/4C9H7NO.BH3O3/c4*11-8-5-1-3-7-4-2-6-10-9(7)8;2-1(3)4/h4*1-6,11H;2-4H. The molecular formula is C36H31BN4O7. The summed E-state index contributed by atoms with van der Waals surface area (Å²) in [7, 11) is -2.17. The molecular weight excluding hydrogens is 611 g/mol. The molecule has 0 bridgehead atoms. The predicted molar refractivity (Wildman–Crippen MR) is 186 cm³/mol. The van der Waals surface area contributed by atoms with Crippen molar-refractivity contribution < 1.29 is 35.5 Å². The number of rotatable bonds is 0. The summed E-state index contributed by atoms with van der Waals surface area (Å²) in [5.74, 6) is 0.956. The van der Waals surface area contributed by atoms with Gasteiger partial charge >= 0.3 is 7.32 Å². The molecule has 7 N–H and O–H groups in total. The summed E-state index contributed by atoms with van der Waals surface area (Å²) >= 11 is 0. The number of hydrogen-bond donors (Lipinski definition) is 7. The van der Waals surface area contributed by atoms with E-state index in [4.69, 9.17) is 15.1 Å². The molecule has 4 aromatic carbocycles. The minimum atomic E-state index is -2.17. The highest BCUT2D eigenvalue weighted by atomic mass is 16.5. The van der Waals surface area contributed by atoms with E-state index in [2.05, 4.69) is 19.9 Å². The third-order valence-corrected chi connectivity index (χ3v) is 6.45. The fourth-order valence-electron chi connectivity index (χ4n) is 4.35. The summed E-state index contributed by atoms with van der Waals surface area (Å²) in [4.78, 5) is 16.1. The molecule has 8 aromatic rings. The number of phenols is 4. The fraction of sp³-hybridized carbons (Fsp3) is 0. The highest BCUT2D eigenvalue weighted by Crippen LogP contribution is 2.23. The van der Waals surface area contributed by atoms with Gasteiger partial charge in [-0.2, -0.15) is 0 Å². The van der Waals surface area contributed by atoms with Crippen molar-refractivity contribution in [1.82, 2.24) is 19.9 Å². The smallest absolute Gasteiger partial charge is 0.506 e. The monoisotopic (exact) mass is 642 g/mol. The Bertz CT molecular complexity index is 1890. The van der Waals surface area contributed by atoms with Crippen molar-refractivity contribution in [3.8, 4) is 23.0 Å². The summed E-state index contributed by atoms with van der Waals surface area (Å²) in [5, 5.41) is 62.6. The second-order valence-electron chi connectivity index (χ2n) is 9.76. The topological polar surface area (TPSA) is 193 Å². The SMILES string of the molecule is OB(O)O.Oc1cccc2cccnc12.Oc1cccc2cccnc12.Oc1cccc2cccnc12.Oc1cccc2cccnc12. The van der Waals surface area contributed by atoms with Gasteiger partial charge in [0.15, 0.2) is 0 Å². The summed E-state index contributed by atoms with van der Waals surface area (Å²) in [6, 6.07) is 36.5. The number of phenolic OH excluding ortho intramolecular Hbond substituents is 4. The van der Waals surface area contributed by atoms with Gasteiger partial charge in [0.25, 0.3) is 0 Å². The number of pyridine rings is 4. The van der Waals surface area contributed by atoms with Gasteiger partial charge in [0.2, 0.25) is 0 Å². The Morgan fingerprint density at radius 2 is 0.500 bits per heavy atom. The molecule has 0 spiro atoms. The van der Waals surface area contributed by atoms with Crippen LogP contribution in [0.5, 0.6) is 23.0 Å². The minimum Gasteiger partial charge on any atom is -0.506 e. The van der Waals surface area contributed by atoms with Gasteiger partial charge in [0, 0.05) is 46.3 Å². The van der Waals surface area contributed by atoms with Crippen molar-refractivity contribution in [2.24, 2.45) is 0 Å². The van der Waals surface area contributed by atoms with Crippen molar-refractivity contribution >= 4 is 50.9 Å². The number of nitrogens with zero attached hydrogens (tertiary/aromatic N) is 4. The Hall–Kier alpha value is -6.34. The Morgan fingerprint density at radius 1 is 0.312 bits per heavy atom. The molecule has 11 nitrogen and oxygen atoms in total. The van der Waals surface area contributed by atoms with Gasteiger partial charge in [-0.1, -0.05) is 72.8 Å². The summed E-state index contributed by atoms with van der Waals surface area (Å²) in [6.07, 6.45) is 6.67. The number of fused-ring (bicyclic) bond motifs is 4. The Kier molecular flexibility index (Phi) is 12.5. The van der Waals surface area contributed by atoms with Gasteiger partial charge < -0.3 is 35.5 Å². The van der Waals surface area contributed by atoms with Crippen molar-refractivity contribution in [2.45, 2.75) is 0 Å². The highest BCUT2D eigenvalue weighted by molar-refractivity contribution is 6.30. The second kappa shape index (κ2) is 17.4. The number of aromatic hydroxyl groups is 4. The molecule has 8 rings (SSSR count). The van der Waals surface area contributed by atoms with Crippen LogP contribution >= 0.6 is 0 Å². The lowest BCUT2D eigenvalue weighted by molar-refractivity contribution is 0.278. The van der Waals surface area contributed by atoms with Gasteiger partial charge in [0.1, 0.15) is 45.1 Å². The Balaban J connectivity index is 0.000000139. The third-order valence-electron chi connectivity index (χ3n) is 6.45. The summed E-state index contributed by atoms with van der Waals surface area (Å²) < 4.78 is 0. The maximum Gasteiger partial charge on any atom is 0.631 e. The van der Waals surface area contributed by atoms with Crippen LogP contribution in [0.2, 0.25) is 0 Å². The van der Waals surface area contributed by atoms with E-state index in [0.29, 0.717) is 22.1 Å². The van der Waals surface area contributed by atoms with Crippen LogP contribution in [-0.4, -0.2) is 62.8 Å². The van der Waals surface area contributed by atoms with Crippen LogP contribution in [0, 0.1) is 0 Å². The van der Waals surface area contributed by atoms with Crippen LogP contribution in [-0.2, 0) is 0 Å². The zero-order valence-electron chi connectivity index (χ0n) is 25.4. The molecule has 0 aliphatic heterocycles. The van der Waals surface area contributed by atoms with Crippen molar-refractivity contribution in [1.29, 1.82) is 0 Å². The molecule has 0 fully saturated rings. The average Bonchev–Trinajstić information content (AvgIpc) is 3.10. The quantitative estimate of drug-likeness (QED) is 0.100. The van der Waals surface area contributed by atoms with E-state index in [1.807, 2.05) is 72.8 Å². The fourth-order valence-corrected chi connectivity index (χ4v) is 4.35. The van der Waals surface area contributed by atoms with Crippen molar-refractivity contribution in [3.63, 3.8) is 0 Å². The molecule has 0 saturated heterocycles. The molecule has 240 valence electrons. The maximum absolute atomic E-state index is 9.31. The van der Waals surface area contributed by atoms with E-state index in [1.54, 1.807) is 73.3 Å². The number of hydrogen-bond acceptors (Lipinski definition) is 11. The molecule has 12 heteroatoms. The molecule has 0 aliphatic carbocycles. The lowest BCUT2D eigenvalue weighted by atomic mass is 10.2. The molecule has 0 amide bonds. The second-order valence-corrected chi connectivity index (χ2v) is 9.76. The first kappa shape index (κ1) is 34.5. The summed E-state index contributed by atoms with van der Waals surface area (Å²) in [6.45, 7) is 0. The van der Waals surface area contributed by atoms with E-state index >= 15 is 0 Å². The lowest BCUT2D eigenvalue weighted by Gasteiger charge is -1.96. The van der Waals surface area contributed by atoms with Gasteiger partial charge in [-0.05, 0) is 48.5 Å². The molecule has 0 atom stereocenters. The third kappa shape index (κ3) is 9.83. The number of para-hydroxylation sites is 4. The first-order valence-corrected chi connectivity index (χ1v) is 14.4. The average molecular weight is 642 g/mol. The molecule has 0 saturated carbocycles. The molecule has 48 heavy (non-hydrogen) atoms. The number of benzene rings is 4. The van der Waals surface area contributed by atoms with E-state index in [1.165, 1.54) is 0 Å². The summed E-state index contributed by atoms with van der Waals surface area (Å²) in [5.41, 5.74) is 2.65. The van der Waals surface area contributed by atoms with Gasteiger partial charge in [-0.3, -0.25) is 19.9 Å². The lowest BCUT2D eigenvalue weighted by Crippen LogP contribution is -2.07. The predicted octanol–water partition coefficient (Wildman–Crippen LogP) is 5.71. The van der Waals surface area contributed by atoms with E-state index in [-0.39, 0.29) is 23.0 Å². The van der Waals surface area contributed by atoms with Gasteiger partial charge in [0.05, 0.1) is 0 Å². The maximum atomic E-state index is 9.31. The zero-order valence-corrected chi connectivity index (χ0v) is 25.4. The van der Waals surface area contributed by atoms with Crippen molar-refractivity contribution in [2.75, 3.05) is 0 Å². The Labute approximate surface area is 275 Å². The van der Waals surface area contributed by atoms with E-state index < -0.39 is 7.32 Å². The van der Waals surface area contributed by atoms with Crippen LogP contribution in [0.1, 0.15) is 0 Å². The van der Waals surface area contributed by atoms with Crippen LogP contribution in [0.25, 0.3) is 43.6 Å². The minimum absolute atomic E-state index is 0.239. The first-order chi connectivity index (χ1) is 23.2. The normalized spacial score (nSPS) is 9.90.